The summed E-state index contributed by atoms with van der Waals surface area (Å²) < 4.78 is 10.7. The number of benzene rings is 2. The van der Waals surface area contributed by atoms with E-state index in [2.05, 4.69) is 22.8 Å². The zero-order valence-corrected chi connectivity index (χ0v) is 14.7. The Hall–Kier alpha value is -2.53. The molecule has 0 aromatic heterocycles. The smallest absolute Gasteiger partial charge is 0.239 e. The molecule has 2 aromatic rings. The van der Waals surface area contributed by atoms with Crippen LogP contribution in [0, 0.1) is 0 Å². The standard InChI is InChI=1S/C20H26N2O3/c1-24-14-5-13-21-20(23)16-22-18-8-10-19(11-9-18)25-15-12-17-6-3-2-4-7-17/h2-4,6-11,22H,5,12-16H2,1H3,(H,21,23). The number of carbonyl (C=O) groups is 1. The second-order valence-corrected chi connectivity index (χ2v) is 5.66. The minimum Gasteiger partial charge on any atom is -0.493 e. The zero-order valence-electron chi connectivity index (χ0n) is 14.7. The summed E-state index contributed by atoms with van der Waals surface area (Å²) in [4.78, 5) is 11.7. The molecule has 0 aliphatic carbocycles. The van der Waals surface area contributed by atoms with Crippen molar-refractivity contribution in [1.82, 2.24) is 5.32 Å². The normalized spacial score (nSPS) is 10.3. The van der Waals surface area contributed by atoms with Gasteiger partial charge in [-0.1, -0.05) is 30.3 Å². The molecule has 5 nitrogen and oxygen atoms in total. The first kappa shape index (κ1) is 18.8. The van der Waals surface area contributed by atoms with Crippen LogP contribution in [0.25, 0.3) is 0 Å². The van der Waals surface area contributed by atoms with Gasteiger partial charge in [-0.3, -0.25) is 4.79 Å². The molecule has 134 valence electrons. The Kier molecular flexibility index (Phi) is 8.35. The van der Waals surface area contributed by atoms with Crippen LogP contribution in [0.1, 0.15) is 12.0 Å². The van der Waals surface area contributed by atoms with Gasteiger partial charge in [0.05, 0.1) is 13.2 Å². The minimum absolute atomic E-state index is 0.0284. The lowest BCUT2D eigenvalue weighted by molar-refractivity contribution is -0.119. The van der Waals surface area contributed by atoms with E-state index in [1.165, 1.54) is 5.56 Å². The fourth-order valence-electron chi connectivity index (χ4n) is 2.29. The van der Waals surface area contributed by atoms with Crippen LogP contribution in [0.2, 0.25) is 0 Å². The number of rotatable bonds is 11. The van der Waals surface area contributed by atoms with Crippen molar-refractivity contribution in [1.29, 1.82) is 0 Å². The average Bonchev–Trinajstić information content (AvgIpc) is 2.65. The SMILES string of the molecule is COCCCNC(=O)CNc1ccc(OCCc2ccccc2)cc1. The summed E-state index contributed by atoms with van der Waals surface area (Å²) in [5.74, 6) is 0.796. The molecule has 5 heteroatoms. The first-order valence-corrected chi connectivity index (χ1v) is 8.54. The highest BCUT2D eigenvalue weighted by Crippen LogP contribution is 2.15. The van der Waals surface area contributed by atoms with Crippen molar-refractivity contribution in [2.75, 3.05) is 38.7 Å². The summed E-state index contributed by atoms with van der Waals surface area (Å²) in [6.45, 7) is 2.17. The lowest BCUT2D eigenvalue weighted by atomic mass is 10.2. The first-order chi connectivity index (χ1) is 12.3. The highest BCUT2D eigenvalue weighted by atomic mass is 16.5. The Morgan fingerprint density at radius 3 is 2.48 bits per heavy atom. The highest BCUT2D eigenvalue weighted by Gasteiger charge is 2.01. The highest BCUT2D eigenvalue weighted by molar-refractivity contribution is 5.80. The van der Waals surface area contributed by atoms with Gasteiger partial charge in [-0.15, -0.1) is 0 Å². The van der Waals surface area contributed by atoms with Crippen molar-refractivity contribution < 1.29 is 14.3 Å². The molecule has 0 radical (unpaired) electrons. The number of methoxy groups -OCH3 is 1. The van der Waals surface area contributed by atoms with Crippen LogP contribution in [0.4, 0.5) is 5.69 Å². The van der Waals surface area contributed by atoms with Crippen molar-refractivity contribution in [2.45, 2.75) is 12.8 Å². The molecule has 1 amide bonds. The van der Waals surface area contributed by atoms with Gasteiger partial charge in [0.15, 0.2) is 0 Å². The molecule has 0 fully saturated rings. The van der Waals surface area contributed by atoms with Crippen molar-refractivity contribution in [2.24, 2.45) is 0 Å². The number of anilines is 1. The molecule has 25 heavy (non-hydrogen) atoms. The molecule has 2 aromatic carbocycles. The third-order valence-corrected chi connectivity index (χ3v) is 3.66. The maximum Gasteiger partial charge on any atom is 0.239 e. The van der Waals surface area contributed by atoms with Gasteiger partial charge in [0.1, 0.15) is 5.75 Å². The number of hydrogen-bond donors (Lipinski definition) is 2. The summed E-state index contributed by atoms with van der Waals surface area (Å²) in [5, 5.41) is 5.93. The molecular weight excluding hydrogens is 316 g/mol. The molecule has 0 bridgehead atoms. The average molecular weight is 342 g/mol. The van der Waals surface area contributed by atoms with E-state index in [1.54, 1.807) is 7.11 Å². The second kappa shape index (κ2) is 11.1. The van der Waals surface area contributed by atoms with Gasteiger partial charge in [-0.25, -0.2) is 0 Å². The fraction of sp³-hybridized carbons (Fsp3) is 0.350. The summed E-state index contributed by atoms with van der Waals surface area (Å²) in [6.07, 6.45) is 1.70. The predicted molar refractivity (Wildman–Crippen MR) is 100 cm³/mol. The van der Waals surface area contributed by atoms with Gasteiger partial charge in [0, 0.05) is 32.4 Å². The molecule has 0 unspecified atom stereocenters. The Morgan fingerprint density at radius 2 is 1.76 bits per heavy atom. The number of amides is 1. The van der Waals surface area contributed by atoms with E-state index in [0.29, 0.717) is 19.8 Å². The third kappa shape index (κ3) is 7.72. The molecular formula is C20H26N2O3. The Bertz CT molecular complexity index is 615. The molecule has 0 saturated carbocycles. The Labute approximate surface area is 149 Å². The lowest BCUT2D eigenvalue weighted by Crippen LogP contribution is -2.31. The van der Waals surface area contributed by atoms with Crippen LogP contribution < -0.4 is 15.4 Å². The van der Waals surface area contributed by atoms with E-state index >= 15 is 0 Å². The van der Waals surface area contributed by atoms with Gasteiger partial charge in [0.2, 0.25) is 5.91 Å². The molecule has 0 atom stereocenters. The zero-order chi connectivity index (χ0) is 17.7. The van der Waals surface area contributed by atoms with Crippen LogP contribution in [-0.2, 0) is 16.0 Å². The van der Waals surface area contributed by atoms with Gasteiger partial charge in [-0.05, 0) is 36.2 Å². The van der Waals surface area contributed by atoms with E-state index in [-0.39, 0.29) is 12.5 Å². The summed E-state index contributed by atoms with van der Waals surface area (Å²) in [5.41, 5.74) is 2.15. The van der Waals surface area contributed by atoms with Crippen LogP contribution in [0.3, 0.4) is 0 Å². The maximum absolute atomic E-state index is 11.7. The van der Waals surface area contributed by atoms with Crippen molar-refractivity contribution in [3.63, 3.8) is 0 Å². The number of hydrogen-bond acceptors (Lipinski definition) is 4. The maximum atomic E-state index is 11.7. The molecule has 0 saturated heterocycles. The quantitative estimate of drug-likeness (QED) is 0.617. The molecule has 2 N–H and O–H groups in total. The summed E-state index contributed by atoms with van der Waals surface area (Å²) >= 11 is 0. The molecule has 0 spiro atoms. The summed E-state index contributed by atoms with van der Waals surface area (Å²) in [7, 11) is 1.65. The number of carbonyl (C=O) groups excluding carboxylic acids is 1. The van der Waals surface area contributed by atoms with Crippen LogP contribution >= 0.6 is 0 Å². The van der Waals surface area contributed by atoms with Crippen LogP contribution in [-0.4, -0.2) is 39.3 Å². The number of nitrogens with one attached hydrogen (secondary N) is 2. The van der Waals surface area contributed by atoms with Gasteiger partial charge in [0.25, 0.3) is 0 Å². The lowest BCUT2D eigenvalue weighted by Gasteiger charge is -2.09. The molecule has 0 aliphatic heterocycles. The van der Waals surface area contributed by atoms with Crippen molar-refractivity contribution in [3.05, 3.63) is 60.2 Å². The first-order valence-electron chi connectivity index (χ1n) is 8.54. The number of ether oxygens (including phenoxy) is 2. The Morgan fingerprint density at radius 1 is 1.00 bits per heavy atom. The topological polar surface area (TPSA) is 59.6 Å². The molecule has 0 aliphatic rings. The van der Waals surface area contributed by atoms with E-state index in [0.717, 1.165) is 24.3 Å². The Balaban J connectivity index is 1.64. The minimum atomic E-state index is -0.0284. The second-order valence-electron chi connectivity index (χ2n) is 5.66. The van der Waals surface area contributed by atoms with Crippen molar-refractivity contribution in [3.8, 4) is 5.75 Å². The monoisotopic (exact) mass is 342 g/mol. The van der Waals surface area contributed by atoms with E-state index in [9.17, 15) is 4.79 Å². The largest absolute Gasteiger partial charge is 0.493 e. The molecule has 2 rings (SSSR count). The fourth-order valence-corrected chi connectivity index (χ4v) is 2.29. The predicted octanol–water partition coefficient (Wildman–Crippen LogP) is 2.87. The van der Waals surface area contributed by atoms with Gasteiger partial charge >= 0.3 is 0 Å². The summed E-state index contributed by atoms with van der Waals surface area (Å²) in [6, 6.07) is 17.9. The van der Waals surface area contributed by atoms with E-state index < -0.39 is 0 Å². The van der Waals surface area contributed by atoms with Crippen molar-refractivity contribution >= 4 is 11.6 Å². The molecule has 0 heterocycles. The third-order valence-electron chi connectivity index (χ3n) is 3.66. The van der Waals surface area contributed by atoms with Crippen LogP contribution in [0.5, 0.6) is 5.75 Å². The van der Waals surface area contributed by atoms with E-state index in [4.69, 9.17) is 9.47 Å². The van der Waals surface area contributed by atoms with Gasteiger partial charge in [-0.2, -0.15) is 0 Å². The van der Waals surface area contributed by atoms with Crippen LogP contribution in [0.15, 0.2) is 54.6 Å². The van der Waals surface area contributed by atoms with Gasteiger partial charge < -0.3 is 20.1 Å². The van der Waals surface area contributed by atoms with E-state index in [1.807, 2.05) is 42.5 Å².